The number of carbonyl (C=O) groups excluding carboxylic acids is 1. The standard InChI is InChI=1S/C18H16N2O4S/c21-17(20-9-7-11(8-10-20)18(22)23)14-6-5-13(24-14)16-19-12-3-1-2-4-15(12)25-16/h1-6,11H,7-10H2,(H,22,23). The van der Waals surface area contributed by atoms with E-state index in [4.69, 9.17) is 9.52 Å². The molecular weight excluding hydrogens is 340 g/mol. The summed E-state index contributed by atoms with van der Waals surface area (Å²) >= 11 is 1.52. The highest BCUT2D eigenvalue weighted by Gasteiger charge is 2.29. The number of carboxylic acids is 1. The fourth-order valence-corrected chi connectivity index (χ4v) is 3.96. The number of carboxylic acid groups (broad SMARTS) is 1. The number of carbonyl (C=O) groups is 2. The Morgan fingerprint density at radius 1 is 1.16 bits per heavy atom. The van der Waals surface area contributed by atoms with Crippen LogP contribution in [0.15, 0.2) is 40.8 Å². The number of hydrogen-bond donors (Lipinski definition) is 1. The fraction of sp³-hybridized carbons (Fsp3) is 0.278. The van der Waals surface area contributed by atoms with Gasteiger partial charge in [0.2, 0.25) is 0 Å². The molecule has 1 fully saturated rings. The molecule has 1 aliphatic rings. The van der Waals surface area contributed by atoms with Crippen molar-refractivity contribution >= 4 is 33.4 Å². The van der Waals surface area contributed by atoms with Crippen LogP contribution in [0.2, 0.25) is 0 Å². The van der Waals surface area contributed by atoms with E-state index in [2.05, 4.69) is 4.98 Å². The van der Waals surface area contributed by atoms with Gasteiger partial charge in [0.05, 0.1) is 16.1 Å². The summed E-state index contributed by atoms with van der Waals surface area (Å²) in [6.07, 6.45) is 0.957. The predicted molar refractivity (Wildman–Crippen MR) is 93.6 cm³/mol. The van der Waals surface area contributed by atoms with Crippen LogP contribution in [0.5, 0.6) is 0 Å². The molecule has 6 nitrogen and oxygen atoms in total. The Labute approximate surface area is 147 Å². The zero-order valence-electron chi connectivity index (χ0n) is 13.3. The Kier molecular flexibility index (Phi) is 4.01. The lowest BCUT2D eigenvalue weighted by molar-refractivity contribution is -0.143. The van der Waals surface area contributed by atoms with Gasteiger partial charge in [-0.15, -0.1) is 11.3 Å². The highest BCUT2D eigenvalue weighted by atomic mass is 32.1. The molecule has 7 heteroatoms. The van der Waals surface area contributed by atoms with Crippen molar-refractivity contribution in [1.29, 1.82) is 0 Å². The number of fused-ring (bicyclic) bond motifs is 1. The van der Waals surface area contributed by atoms with Crippen molar-refractivity contribution in [1.82, 2.24) is 9.88 Å². The normalized spacial score (nSPS) is 15.6. The van der Waals surface area contributed by atoms with Gasteiger partial charge in [-0.2, -0.15) is 0 Å². The number of aromatic nitrogens is 1. The van der Waals surface area contributed by atoms with Gasteiger partial charge in [-0.25, -0.2) is 4.98 Å². The number of benzene rings is 1. The lowest BCUT2D eigenvalue weighted by atomic mass is 9.97. The minimum atomic E-state index is -0.789. The van der Waals surface area contributed by atoms with E-state index in [0.717, 1.165) is 15.2 Å². The maximum absolute atomic E-state index is 12.6. The number of amides is 1. The summed E-state index contributed by atoms with van der Waals surface area (Å²) in [7, 11) is 0. The van der Waals surface area contributed by atoms with Gasteiger partial charge in [0.15, 0.2) is 16.5 Å². The minimum Gasteiger partial charge on any atom is -0.481 e. The molecule has 0 aliphatic carbocycles. The summed E-state index contributed by atoms with van der Waals surface area (Å²) < 4.78 is 6.80. The molecule has 0 spiro atoms. The van der Waals surface area contributed by atoms with Gasteiger partial charge in [0, 0.05) is 13.1 Å². The Hall–Kier alpha value is -2.67. The highest BCUT2D eigenvalue weighted by Crippen LogP contribution is 2.31. The average Bonchev–Trinajstić information content (AvgIpc) is 3.27. The van der Waals surface area contributed by atoms with Gasteiger partial charge < -0.3 is 14.4 Å². The zero-order chi connectivity index (χ0) is 17.4. The number of furan rings is 1. The number of para-hydroxylation sites is 1. The van der Waals surface area contributed by atoms with Crippen LogP contribution in [-0.4, -0.2) is 40.0 Å². The maximum atomic E-state index is 12.6. The van der Waals surface area contributed by atoms with Crippen LogP contribution in [0.4, 0.5) is 0 Å². The summed E-state index contributed by atoms with van der Waals surface area (Å²) in [5.74, 6) is -0.508. The van der Waals surface area contributed by atoms with E-state index in [1.807, 2.05) is 24.3 Å². The maximum Gasteiger partial charge on any atom is 0.306 e. The van der Waals surface area contributed by atoms with Crippen LogP contribution in [-0.2, 0) is 4.79 Å². The van der Waals surface area contributed by atoms with Gasteiger partial charge in [-0.3, -0.25) is 9.59 Å². The average molecular weight is 356 g/mol. The molecule has 0 saturated carbocycles. The number of likely N-dealkylation sites (tertiary alicyclic amines) is 1. The lowest BCUT2D eigenvalue weighted by Crippen LogP contribution is -2.40. The van der Waals surface area contributed by atoms with Crippen LogP contribution in [0.25, 0.3) is 21.0 Å². The van der Waals surface area contributed by atoms with Crippen molar-refractivity contribution in [3.8, 4) is 10.8 Å². The number of thiazole rings is 1. The minimum absolute atomic E-state index is 0.198. The summed E-state index contributed by atoms with van der Waals surface area (Å²) in [5.41, 5.74) is 0.905. The molecule has 128 valence electrons. The first-order valence-electron chi connectivity index (χ1n) is 8.09. The number of aliphatic carboxylic acids is 1. The van der Waals surface area contributed by atoms with Crippen molar-refractivity contribution in [2.75, 3.05) is 13.1 Å². The molecule has 3 aromatic rings. The van der Waals surface area contributed by atoms with Crippen LogP contribution in [0.1, 0.15) is 23.4 Å². The van der Waals surface area contributed by atoms with E-state index in [9.17, 15) is 9.59 Å². The smallest absolute Gasteiger partial charge is 0.306 e. The molecule has 25 heavy (non-hydrogen) atoms. The van der Waals surface area contributed by atoms with Crippen molar-refractivity contribution in [3.05, 3.63) is 42.2 Å². The van der Waals surface area contributed by atoms with Crippen LogP contribution in [0.3, 0.4) is 0 Å². The second-order valence-electron chi connectivity index (χ2n) is 6.06. The number of rotatable bonds is 3. The highest BCUT2D eigenvalue weighted by molar-refractivity contribution is 7.21. The molecule has 1 saturated heterocycles. The van der Waals surface area contributed by atoms with Gasteiger partial charge in [-0.05, 0) is 37.1 Å². The number of piperidine rings is 1. The third-order valence-corrected chi connectivity index (χ3v) is 5.50. The summed E-state index contributed by atoms with van der Waals surface area (Å²) in [6.45, 7) is 0.875. The SMILES string of the molecule is O=C(O)C1CCN(C(=O)c2ccc(-c3nc4ccccc4s3)o2)CC1. The first-order valence-corrected chi connectivity index (χ1v) is 8.91. The molecule has 1 aliphatic heterocycles. The second-order valence-corrected chi connectivity index (χ2v) is 7.09. The van der Waals surface area contributed by atoms with E-state index in [1.165, 1.54) is 11.3 Å². The van der Waals surface area contributed by atoms with E-state index < -0.39 is 5.97 Å². The molecule has 2 aromatic heterocycles. The number of nitrogens with zero attached hydrogens (tertiary/aromatic N) is 2. The first kappa shape index (κ1) is 15.8. The largest absolute Gasteiger partial charge is 0.481 e. The van der Waals surface area contributed by atoms with E-state index >= 15 is 0 Å². The third kappa shape index (κ3) is 3.02. The molecule has 0 atom stereocenters. The topological polar surface area (TPSA) is 83.6 Å². The van der Waals surface area contributed by atoms with E-state index in [0.29, 0.717) is 31.7 Å². The van der Waals surface area contributed by atoms with Gasteiger partial charge in [0.1, 0.15) is 0 Å². The Balaban J connectivity index is 1.51. The predicted octanol–water partition coefficient (Wildman–Crippen LogP) is 3.49. The molecule has 3 heterocycles. The molecular formula is C18H16N2O4S. The molecule has 1 N–H and O–H groups in total. The molecule has 0 radical (unpaired) electrons. The first-order chi connectivity index (χ1) is 12.1. The Bertz CT molecular complexity index is 904. The molecule has 4 rings (SSSR count). The number of hydrogen-bond acceptors (Lipinski definition) is 5. The molecule has 0 bridgehead atoms. The molecule has 0 unspecified atom stereocenters. The Morgan fingerprint density at radius 2 is 1.92 bits per heavy atom. The molecule has 1 amide bonds. The van der Waals surface area contributed by atoms with Crippen LogP contribution >= 0.6 is 11.3 Å². The summed E-state index contributed by atoms with van der Waals surface area (Å²) in [4.78, 5) is 29.8. The van der Waals surface area contributed by atoms with Crippen molar-refractivity contribution in [3.63, 3.8) is 0 Å². The van der Waals surface area contributed by atoms with Gasteiger partial charge >= 0.3 is 5.97 Å². The van der Waals surface area contributed by atoms with Gasteiger partial charge in [0.25, 0.3) is 5.91 Å². The summed E-state index contributed by atoms with van der Waals surface area (Å²) in [6, 6.07) is 11.3. The molecule has 1 aromatic carbocycles. The van der Waals surface area contributed by atoms with Gasteiger partial charge in [-0.1, -0.05) is 12.1 Å². The quantitative estimate of drug-likeness (QED) is 0.776. The summed E-state index contributed by atoms with van der Waals surface area (Å²) in [5, 5.41) is 9.78. The fourth-order valence-electron chi connectivity index (χ4n) is 3.03. The lowest BCUT2D eigenvalue weighted by Gasteiger charge is -2.29. The Morgan fingerprint density at radius 3 is 2.64 bits per heavy atom. The van der Waals surface area contributed by atoms with E-state index in [-0.39, 0.29) is 17.6 Å². The monoisotopic (exact) mass is 356 g/mol. The third-order valence-electron chi connectivity index (χ3n) is 4.45. The van der Waals surface area contributed by atoms with E-state index in [1.54, 1.807) is 17.0 Å². The van der Waals surface area contributed by atoms with Crippen molar-refractivity contribution in [2.24, 2.45) is 5.92 Å². The van der Waals surface area contributed by atoms with Crippen LogP contribution in [0, 0.1) is 5.92 Å². The van der Waals surface area contributed by atoms with Crippen LogP contribution < -0.4 is 0 Å². The van der Waals surface area contributed by atoms with Crippen molar-refractivity contribution in [2.45, 2.75) is 12.8 Å². The zero-order valence-corrected chi connectivity index (χ0v) is 14.2. The van der Waals surface area contributed by atoms with Crippen molar-refractivity contribution < 1.29 is 19.1 Å². The second kappa shape index (κ2) is 6.33.